The summed E-state index contributed by atoms with van der Waals surface area (Å²) >= 11 is 0. The fourth-order valence-corrected chi connectivity index (χ4v) is 2.01. The molecule has 5 nitrogen and oxygen atoms in total. The van der Waals surface area contributed by atoms with Crippen LogP contribution >= 0.6 is 0 Å². The van der Waals surface area contributed by atoms with Crippen LogP contribution in [0.2, 0.25) is 0 Å². The molecule has 1 saturated heterocycles. The fraction of sp³-hybridized carbons (Fsp3) is 0.727. The number of carbonyl (C=O) groups excluding carboxylic acids is 2. The van der Waals surface area contributed by atoms with Gasteiger partial charge in [-0.2, -0.15) is 0 Å². The monoisotopic (exact) mass is 223 g/mol. The SMILES string of the molecule is CN(C)C(=N)C1CCN(C(=O)C2CC2)C1=O. The second-order valence-corrected chi connectivity index (χ2v) is 4.72. The van der Waals surface area contributed by atoms with Gasteiger partial charge in [-0.3, -0.25) is 19.9 Å². The highest BCUT2D eigenvalue weighted by atomic mass is 16.2. The van der Waals surface area contributed by atoms with Crippen LogP contribution in [0.4, 0.5) is 0 Å². The first-order chi connectivity index (χ1) is 7.52. The first-order valence-corrected chi connectivity index (χ1v) is 5.63. The Morgan fingerprint density at radius 2 is 2.00 bits per heavy atom. The molecule has 0 bridgehead atoms. The molecular weight excluding hydrogens is 206 g/mol. The summed E-state index contributed by atoms with van der Waals surface area (Å²) in [4.78, 5) is 26.7. The van der Waals surface area contributed by atoms with E-state index in [0.29, 0.717) is 18.8 Å². The van der Waals surface area contributed by atoms with Crippen molar-refractivity contribution in [2.45, 2.75) is 19.3 Å². The lowest BCUT2D eigenvalue weighted by molar-refractivity contribution is -0.143. The van der Waals surface area contributed by atoms with Gasteiger partial charge in [-0.1, -0.05) is 0 Å². The van der Waals surface area contributed by atoms with Gasteiger partial charge in [0.1, 0.15) is 5.84 Å². The average Bonchev–Trinajstić information content (AvgIpc) is 3.00. The summed E-state index contributed by atoms with van der Waals surface area (Å²) in [7, 11) is 3.50. The number of imide groups is 1. The lowest BCUT2D eigenvalue weighted by Gasteiger charge is -2.19. The van der Waals surface area contributed by atoms with Crippen molar-refractivity contribution in [1.82, 2.24) is 9.80 Å². The van der Waals surface area contributed by atoms with Gasteiger partial charge in [-0.25, -0.2) is 0 Å². The van der Waals surface area contributed by atoms with Crippen molar-refractivity contribution in [1.29, 1.82) is 5.41 Å². The molecular formula is C11H17N3O2. The third-order valence-electron chi connectivity index (χ3n) is 3.21. The van der Waals surface area contributed by atoms with E-state index in [-0.39, 0.29) is 17.7 Å². The van der Waals surface area contributed by atoms with Crippen LogP contribution in [-0.2, 0) is 9.59 Å². The summed E-state index contributed by atoms with van der Waals surface area (Å²) in [5, 5.41) is 7.79. The highest BCUT2D eigenvalue weighted by Crippen LogP contribution is 2.33. The van der Waals surface area contributed by atoms with E-state index < -0.39 is 5.92 Å². The number of nitrogens with one attached hydrogen (secondary N) is 1. The standard InChI is InChI=1S/C11H17N3O2/c1-13(2)9(12)8-5-6-14(11(8)16)10(15)7-3-4-7/h7-8,12H,3-6H2,1-2H3. The Bertz CT molecular complexity index is 323. The van der Waals surface area contributed by atoms with Crippen LogP contribution in [0.15, 0.2) is 0 Å². The molecule has 0 aromatic heterocycles. The molecule has 1 N–H and O–H groups in total. The van der Waals surface area contributed by atoms with Crippen LogP contribution in [-0.4, -0.2) is 48.1 Å². The Morgan fingerprint density at radius 3 is 2.50 bits per heavy atom. The molecule has 16 heavy (non-hydrogen) atoms. The minimum atomic E-state index is -0.419. The van der Waals surface area contributed by atoms with Gasteiger partial charge < -0.3 is 4.90 Å². The molecule has 0 radical (unpaired) electrons. The van der Waals surface area contributed by atoms with E-state index in [1.165, 1.54) is 4.90 Å². The Hall–Kier alpha value is -1.39. The largest absolute Gasteiger partial charge is 0.366 e. The zero-order chi connectivity index (χ0) is 11.9. The molecule has 0 spiro atoms. The smallest absolute Gasteiger partial charge is 0.239 e. The first-order valence-electron chi connectivity index (χ1n) is 5.63. The molecule has 0 aromatic carbocycles. The third-order valence-corrected chi connectivity index (χ3v) is 3.21. The van der Waals surface area contributed by atoms with E-state index in [1.54, 1.807) is 19.0 Å². The van der Waals surface area contributed by atoms with Crippen molar-refractivity contribution >= 4 is 17.6 Å². The van der Waals surface area contributed by atoms with E-state index in [4.69, 9.17) is 5.41 Å². The normalized spacial score (nSPS) is 24.8. The zero-order valence-electron chi connectivity index (χ0n) is 9.69. The molecule has 1 aliphatic heterocycles. The third kappa shape index (κ3) is 1.81. The van der Waals surface area contributed by atoms with E-state index in [1.807, 2.05) is 0 Å². The molecule has 1 heterocycles. The predicted molar refractivity (Wildman–Crippen MR) is 59.0 cm³/mol. The summed E-state index contributed by atoms with van der Waals surface area (Å²) in [6.07, 6.45) is 2.42. The second-order valence-electron chi connectivity index (χ2n) is 4.72. The van der Waals surface area contributed by atoms with Crippen LogP contribution in [0.3, 0.4) is 0 Å². The van der Waals surface area contributed by atoms with Gasteiger partial charge >= 0.3 is 0 Å². The Kier molecular flexibility index (Phi) is 2.69. The van der Waals surface area contributed by atoms with Gasteiger partial charge in [-0.15, -0.1) is 0 Å². The summed E-state index contributed by atoms with van der Waals surface area (Å²) in [5.41, 5.74) is 0. The maximum absolute atomic E-state index is 12.0. The molecule has 2 amide bonds. The summed E-state index contributed by atoms with van der Waals surface area (Å²) < 4.78 is 0. The van der Waals surface area contributed by atoms with Crippen LogP contribution in [0.25, 0.3) is 0 Å². The summed E-state index contributed by atoms with van der Waals surface area (Å²) in [5.74, 6) is -0.250. The Labute approximate surface area is 94.9 Å². The molecule has 2 fully saturated rings. The van der Waals surface area contributed by atoms with Crippen molar-refractivity contribution in [3.8, 4) is 0 Å². The van der Waals surface area contributed by atoms with Crippen molar-refractivity contribution < 1.29 is 9.59 Å². The zero-order valence-corrected chi connectivity index (χ0v) is 9.69. The highest BCUT2D eigenvalue weighted by Gasteiger charge is 2.43. The quantitative estimate of drug-likeness (QED) is 0.416. The highest BCUT2D eigenvalue weighted by molar-refractivity contribution is 6.09. The lowest BCUT2D eigenvalue weighted by Crippen LogP contribution is -2.39. The van der Waals surface area contributed by atoms with Crippen LogP contribution < -0.4 is 0 Å². The maximum Gasteiger partial charge on any atom is 0.239 e. The molecule has 0 aromatic rings. The maximum atomic E-state index is 12.0. The molecule has 88 valence electrons. The first kappa shape index (κ1) is 11.1. The Morgan fingerprint density at radius 1 is 1.38 bits per heavy atom. The predicted octanol–water partition coefficient (Wildman–Crippen LogP) is 0.310. The number of amides is 2. The lowest BCUT2D eigenvalue weighted by atomic mass is 10.1. The van der Waals surface area contributed by atoms with Gasteiger partial charge in [0.15, 0.2) is 0 Å². The molecule has 1 atom stereocenters. The van der Waals surface area contributed by atoms with Crippen molar-refractivity contribution in [2.24, 2.45) is 11.8 Å². The van der Waals surface area contributed by atoms with Gasteiger partial charge in [-0.05, 0) is 19.3 Å². The minimum Gasteiger partial charge on any atom is -0.366 e. The molecule has 2 aliphatic rings. The number of hydrogen-bond donors (Lipinski definition) is 1. The number of hydrogen-bond acceptors (Lipinski definition) is 3. The number of carbonyl (C=O) groups is 2. The van der Waals surface area contributed by atoms with E-state index >= 15 is 0 Å². The molecule has 5 heteroatoms. The number of likely N-dealkylation sites (tertiary alicyclic amines) is 1. The van der Waals surface area contributed by atoms with Crippen LogP contribution in [0.1, 0.15) is 19.3 Å². The molecule has 1 aliphatic carbocycles. The summed E-state index contributed by atoms with van der Waals surface area (Å²) in [6, 6.07) is 0. The number of amidine groups is 1. The van der Waals surface area contributed by atoms with E-state index in [2.05, 4.69) is 0 Å². The number of rotatable bonds is 2. The van der Waals surface area contributed by atoms with E-state index in [0.717, 1.165) is 12.8 Å². The van der Waals surface area contributed by atoms with Crippen molar-refractivity contribution in [2.75, 3.05) is 20.6 Å². The second kappa shape index (κ2) is 3.88. The van der Waals surface area contributed by atoms with Crippen molar-refractivity contribution in [3.05, 3.63) is 0 Å². The summed E-state index contributed by atoms with van der Waals surface area (Å²) in [6.45, 7) is 0.481. The van der Waals surface area contributed by atoms with Gasteiger partial charge in [0.2, 0.25) is 11.8 Å². The topological polar surface area (TPSA) is 64.5 Å². The van der Waals surface area contributed by atoms with Crippen LogP contribution in [0.5, 0.6) is 0 Å². The van der Waals surface area contributed by atoms with Gasteiger partial charge in [0, 0.05) is 26.6 Å². The van der Waals surface area contributed by atoms with Crippen molar-refractivity contribution in [3.63, 3.8) is 0 Å². The van der Waals surface area contributed by atoms with E-state index in [9.17, 15) is 9.59 Å². The molecule has 1 saturated carbocycles. The minimum absolute atomic E-state index is 0.0287. The Balaban J connectivity index is 2.04. The average molecular weight is 223 g/mol. The molecule has 1 unspecified atom stereocenters. The molecule has 2 rings (SSSR count). The van der Waals surface area contributed by atoms with Gasteiger partial charge in [0.25, 0.3) is 0 Å². The fourth-order valence-electron chi connectivity index (χ4n) is 2.01. The van der Waals surface area contributed by atoms with Crippen LogP contribution in [0, 0.1) is 17.2 Å². The van der Waals surface area contributed by atoms with Gasteiger partial charge in [0.05, 0.1) is 5.92 Å². The number of nitrogens with zero attached hydrogens (tertiary/aromatic N) is 2.